The van der Waals surface area contributed by atoms with Gasteiger partial charge in [-0.25, -0.2) is 8.42 Å². The first kappa shape index (κ1) is 16.3. The second-order valence-electron chi connectivity index (χ2n) is 5.65. The molecule has 8 heteroatoms. The summed E-state index contributed by atoms with van der Waals surface area (Å²) in [7, 11) is -0.266. The number of rotatable bonds is 5. The number of sulfonamides is 1. The van der Waals surface area contributed by atoms with Crippen LogP contribution >= 0.6 is 0 Å². The Morgan fingerprint density at radius 1 is 1.43 bits per heavy atom. The fraction of sp³-hybridized carbons (Fsp3) is 0.769. The van der Waals surface area contributed by atoms with Gasteiger partial charge in [-0.05, 0) is 38.9 Å². The number of aryl methyl sites for hydroxylation is 1. The van der Waals surface area contributed by atoms with Crippen LogP contribution in [0.5, 0.6) is 0 Å². The molecular weight excluding hydrogens is 290 g/mol. The van der Waals surface area contributed by atoms with Gasteiger partial charge in [-0.3, -0.25) is 4.68 Å². The second kappa shape index (κ2) is 6.33. The van der Waals surface area contributed by atoms with Gasteiger partial charge in [0.25, 0.3) is 0 Å². The minimum Gasteiger partial charge on any atom is -0.381 e. The molecule has 0 spiro atoms. The van der Waals surface area contributed by atoms with Crippen molar-refractivity contribution >= 4 is 15.8 Å². The quantitative estimate of drug-likeness (QED) is 0.855. The topological polar surface area (TPSA) is 84.5 Å². The Hall–Kier alpha value is -1.12. The molecule has 0 radical (unpaired) electrons. The third-order valence-electron chi connectivity index (χ3n) is 4.09. The summed E-state index contributed by atoms with van der Waals surface area (Å²) < 4.78 is 28.2. The Balaban J connectivity index is 2.09. The molecule has 120 valence electrons. The van der Waals surface area contributed by atoms with Crippen LogP contribution in [0.25, 0.3) is 0 Å². The van der Waals surface area contributed by atoms with Crippen LogP contribution in [0.15, 0.2) is 11.1 Å². The molecular formula is C13H25N5O2S. The molecule has 1 aromatic rings. The maximum atomic E-state index is 12.7. The van der Waals surface area contributed by atoms with Gasteiger partial charge >= 0.3 is 0 Å². The molecule has 0 saturated carbocycles. The molecule has 2 heterocycles. The van der Waals surface area contributed by atoms with Gasteiger partial charge in [-0.2, -0.15) is 9.40 Å². The number of nitrogens with two attached hydrogens (primary N) is 1. The number of likely N-dealkylation sites (tertiary alicyclic amines) is 1. The van der Waals surface area contributed by atoms with E-state index in [-0.39, 0.29) is 16.8 Å². The van der Waals surface area contributed by atoms with Crippen molar-refractivity contribution in [1.29, 1.82) is 0 Å². The van der Waals surface area contributed by atoms with Crippen molar-refractivity contribution in [2.75, 3.05) is 32.4 Å². The van der Waals surface area contributed by atoms with E-state index in [9.17, 15) is 8.42 Å². The predicted octanol–water partition coefficient (Wildman–Crippen LogP) is 0.497. The van der Waals surface area contributed by atoms with Gasteiger partial charge < -0.3 is 10.6 Å². The summed E-state index contributed by atoms with van der Waals surface area (Å²) in [5.41, 5.74) is 5.71. The van der Waals surface area contributed by atoms with Gasteiger partial charge in [0.05, 0.1) is 0 Å². The van der Waals surface area contributed by atoms with Crippen molar-refractivity contribution in [2.45, 2.75) is 37.1 Å². The van der Waals surface area contributed by atoms with Crippen molar-refractivity contribution in [2.24, 2.45) is 7.05 Å². The number of nitrogen functional groups attached to an aromatic ring is 1. The van der Waals surface area contributed by atoms with Crippen LogP contribution in [0.2, 0.25) is 0 Å². The Morgan fingerprint density at radius 2 is 2.05 bits per heavy atom. The Labute approximate surface area is 126 Å². The SMILES string of the molecule is CCCN1CCC(N(C)S(=O)(=O)c2cn(C)nc2N)CC1. The number of hydrogen-bond acceptors (Lipinski definition) is 5. The molecule has 1 aliphatic rings. The van der Waals surface area contributed by atoms with Crippen molar-refractivity contribution in [3.8, 4) is 0 Å². The molecule has 0 unspecified atom stereocenters. The summed E-state index contributed by atoms with van der Waals surface area (Å²) in [5.74, 6) is 0.0627. The van der Waals surface area contributed by atoms with Crippen LogP contribution in [0.3, 0.4) is 0 Å². The summed E-state index contributed by atoms with van der Waals surface area (Å²) in [4.78, 5) is 2.48. The molecule has 2 N–H and O–H groups in total. The van der Waals surface area contributed by atoms with Crippen LogP contribution in [-0.2, 0) is 17.1 Å². The highest BCUT2D eigenvalue weighted by Gasteiger charge is 2.32. The normalized spacial score (nSPS) is 18.5. The lowest BCUT2D eigenvalue weighted by Gasteiger charge is -2.35. The first-order valence-electron chi connectivity index (χ1n) is 7.35. The molecule has 2 rings (SSSR count). The molecule has 0 atom stereocenters. The molecule has 1 saturated heterocycles. The van der Waals surface area contributed by atoms with Crippen LogP contribution in [0.1, 0.15) is 26.2 Å². The fourth-order valence-electron chi connectivity index (χ4n) is 2.86. The molecule has 21 heavy (non-hydrogen) atoms. The molecule has 0 aliphatic carbocycles. The van der Waals surface area contributed by atoms with Gasteiger partial charge in [-0.15, -0.1) is 0 Å². The Morgan fingerprint density at radius 3 is 2.52 bits per heavy atom. The monoisotopic (exact) mass is 315 g/mol. The number of nitrogens with zero attached hydrogens (tertiary/aromatic N) is 4. The summed E-state index contributed by atoms with van der Waals surface area (Å²) in [5, 5.41) is 3.92. The maximum Gasteiger partial charge on any atom is 0.248 e. The summed E-state index contributed by atoms with van der Waals surface area (Å²) in [6.45, 7) is 5.13. The van der Waals surface area contributed by atoms with E-state index in [0.29, 0.717) is 0 Å². The van der Waals surface area contributed by atoms with Gasteiger partial charge in [0.1, 0.15) is 4.90 Å². The Bertz CT molecular complexity index is 575. The average Bonchev–Trinajstić information content (AvgIpc) is 2.79. The van der Waals surface area contributed by atoms with E-state index < -0.39 is 10.0 Å². The number of hydrogen-bond donors (Lipinski definition) is 1. The van der Waals surface area contributed by atoms with Crippen molar-refractivity contribution in [3.63, 3.8) is 0 Å². The first-order valence-corrected chi connectivity index (χ1v) is 8.79. The molecule has 0 amide bonds. The van der Waals surface area contributed by atoms with Crippen LogP contribution in [0.4, 0.5) is 5.82 Å². The maximum absolute atomic E-state index is 12.7. The molecule has 1 aliphatic heterocycles. The van der Waals surface area contributed by atoms with Gasteiger partial charge in [0.15, 0.2) is 5.82 Å². The van der Waals surface area contributed by atoms with E-state index in [1.54, 1.807) is 14.1 Å². The predicted molar refractivity (Wildman–Crippen MR) is 82.3 cm³/mol. The zero-order valence-electron chi connectivity index (χ0n) is 13.0. The van der Waals surface area contributed by atoms with Crippen LogP contribution < -0.4 is 5.73 Å². The van der Waals surface area contributed by atoms with E-state index in [4.69, 9.17) is 5.73 Å². The summed E-state index contributed by atoms with van der Waals surface area (Å²) >= 11 is 0. The van der Waals surface area contributed by atoms with E-state index in [0.717, 1.165) is 38.9 Å². The lowest BCUT2D eigenvalue weighted by Crippen LogP contribution is -2.45. The van der Waals surface area contributed by atoms with E-state index >= 15 is 0 Å². The van der Waals surface area contributed by atoms with E-state index in [2.05, 4.69) is 16.9 Å². The number of piperidine rings is 1. The smallest absolute Gasteiger partial charge is 0.248 e. The van der Waals surface area contributed by atoms with E-state index in [1.165, 1.54) is 15.2 Å². The minimum absolute atomic E-state index is 0.0303. The number of aromatic nitrogens is 2. The molecule has 7 nitrogen and oxygen atoms in total. The average molecular weight is 315 g/mol. The van der Waals surface area contributed by atoms with Gasteiger partial charge in [0, 0.05) is 26.3 Å². The highest BCUT2D eigenvalue weighted by Crippen LogP contribution is 2.25. The summed E-state index contributed by atoms with van der Waals surface area (Å²) in [6, 6.07) is 0.0303. The fourth-order valence-corrected chi connectivity index (χ4v) is 4.36. The lowest BCUT2D eigenvalue weighted by atomic mass is 10.1. The van der Waals surface area contributed by atoms with Crippen molar-refractivity contribution < 1.29 is 8.42 Å². The zero-order chi connectivity index (χ0) is 15.6. The third kappa shape index (κ3) is 3.38. The van der Waals surface area contributed by atoms with Crippen molar-refractivity contribution in [3.05, 3.63) is 6.20 Å². The van der Waals surface area contributed by atoms with Crippen LogP contribution in [0, 0.1) is 0 Å². The van der Waals surface area contributed by atoms with E-state index in [1.807, 2.05) is 0 Å². The second-order valence-corrected chi connectivity index (χ2v) is 7.61. The number of anilines is 1. The standard InChI is InChI=1S/C13H25N5O2S/c1-4-7-18-8-5-11(6-9-18)17(3)21(19,20)12-10-16(2)15-13(12)14/h10-11H,4-9H2,1-3H3,(H2,14,15). The first-order chi connectivity index (χ1) is 9.86. The molecule has 1 aromatic heterocycles. The molecule has 0 aromatic carbocycles. The third-order valence-corrected chi connectivity index (χ3v) is 6.02. The van der Waals surface area contributed by atoms with Crippen LogP contribution in [-0.4, -0.2) is 60.1 Å². The highest BCUT2D eigenvalue weighted by atomic mass is 32.2. The minimum atomic E-state index is -3.57. The van der Waals surface area contributed by atoms with Gasteiger partial charge in [0.2, 0.25) is 10.0 Å². The lowest BCUT2D eigenvalue weighted by molar-refractivity contribution is 0.170. The van der Waals surface area contributed by atoms with Crippen molar-refractivity contribution in [1.82, 2.24) is 19.0 Å². The Kier molecular flexibility index (Phi) is 4.90. The van der Waals surface area contributed by atoms with Gasteiger partial charge in [-0.1, -0.05) is 6.92 Å². The zero-order valence-corrected chi connectivity index (χ0v) is 13.8. The molecule has 1 fully saturated rings. The highest BCUT2D eigenvalue weighted by molar-refractivity contribution is 7.89. The summed E-state index contributed by atoms with van der Waals surface area (Å²) in [6.07, 6.45) is 4.31. The largest absolute Gasteiger partial charge is 0.381 e. The molecule has 0 bridgehead atoms.